The standard InChI is InChI=1S/C19H36O4/c1-2-3-4-5-6-7-8-9-10-11-12-13-14-15-19(22)23-17-18(21)16-20/h10-11,18,20-21H,2-9,12-17H2,1H3. The van der Waals surface area contributed by atoms with E-state index in [1.165, 1.54) is 44.9 Å². The summed E-state index contributed by atoms with van der Waals surface area (Å²) in [4.78, 5) is 11.3. The van der Waals surface area contributed by atoms with Gasteiger partial charge in [-0.2, -0.15) is 0 Å². The zero-order valence-corrected chi connectivity index (χ0v) is 14.8. The Labute approximate surface area is 141 Å². The third kappa shape index (κ3) is 17.3. The summed E-state index contributed by atoms with van der Waals surface area (Å²) in [7, 11) is 0. The van der Waals surface area contributed by atoms with Gasteiger partial charge in [0.2, 0.25) is 0 Å². The number of hydrogen-bond donors (Lipinski definition) is 2. The van der Waals surface area contributed by atoms with Crippen LogP contribution in [0, 0.1) is 0 Å². The first-order chi connectivity index (χ1) is 11.2. The predicted octanol–water partition coefficient (Wildman–Crippen LogP) is 4.14. The third-order valence-corrected chi connectivity index (χ3v) is 3.79. The van der Waals surface area contributed by atoms with Crippen molar-refractivity contribution in [2.45, 2.75) is 90.1 Å². The van der Waals surface area contributed by atoms with Crippen LogP contribution in [0.15, 0.2) is 12.2 Å². The van der Waals surface area contributed by atoms with E-state index < -0.39 is 6.10 Å². The highest BCUT2D eigenvalue weighted by molar-refractivity contribution is 5.69. The zero-order chi connectivity index (χ0) is 17.2. The Morgan fingerprint density at radius 3 is 2.13 bits per heavy atom. The van der Waals surface area contributed by atoms with E-state index in [4.69, 9.17) is 14.9 Å². The van der Waals surface area contributed by atoms with Crippen LogP contribution in [0.3, 0.4) is 0 Å². The predicted molar refractivity (Wildman–Crippen MR) is 94.3 cm³/mol. The lowest BCUT2D eigenvalue weighted by Gasteiger charge is -2.07. The van der Waals surface area contributed by atoms with Gasteiger partial charge in [0.15, 0.2) is 0 Å². The number of aliphatic hydroxyl groups is 2. The number of allylic oxidation sites excluding steroid dienone is 2. The summed E-state index contributed by atoms with van der Waals surface area (Å²) in [5.74, 6) is -0.301. The van der Waals surface area contributed by atoms with E-state index in [9.17, 15) is 4.79 Å². The molecule has 4 heteroatoms. The van der Waals surface area contributed by atoms with Crippen molar-refractivity contribution < 1.29 is 19.7 Å². The Morgan fingerprint density at radius 1 is 0.957 bits per heavy atom. The van der Waals surface area contributed by atoms with E-state index in [2.05, 4.69) is 19.1 Å². The molecule has 1 unspecified atom stereocenters. The molecule has 23 heavy (non-hydrogen) atoms. The summed E-state index contributed by atoms with van der Waals surface area (Å²) >= 11 is 0. The molecule has 0 rings (SSSR count). The summed E-state index contributed by atoms with van der Waals surface area (Å²) in [5, 5.41) is 17.7. The molecule has 0 aromatic heterocycles. The van der Waals surface area contributed by atoms with E-state index in [1.54, 1.807) is 0 Å². The second-order valence-corrected chi connectivity index (χ2v) is 6.15. The summed E-state index contributed by atoms with van der Waals surface area (Å²) in [6.07, 6.45) is 17.2. The fourth-order valence-corrected chi connectivity index (χ4v) is 2.30. The van der Waals surface area contributed by atoms with Gasteiger partial charge in [0.1, 0.15) is 12.7 Å². The molecule has 0 aromatic rings. The van der Waals surface area contributed by atoms with Gasteiger partial charge < -0.3 is 14.9 Å². The van der Waals surface area contributed by atoms with E-state index in [-0.39, 0.29) is 19.2 Å². The van der Waals surface area contributed by atoms with E-state index in [1.807, 2.05) is 0 Å². The van der Waals surface area contributed by atoms with Crippen molar-refractivity contribution in [2.24, 2.45) is 0 Å². The lowest BCUT2D eigenvalue weighted by atomic mass is 10.1. The molecular formula is C19H36O4. The lowest BCUT2D eigenvalue weighted by Crippen LogP contribution is -2.21. The van der Waals surface area contributed by atoms with Crippen molar-refractivity contribution in [1.82, 2.24) is 0 Å². The van der Waals surface area contributed by atoms with Gasteiger partial charge in [-0.3, -0.25) is 4.79 Å². The van der Waals surface area contributed by atoms with Gasteiger partial charge in [-0.1, -0.05) is 57.6 Å². The van der Waals surface area contributed by atoms with Gasteiger partial charge in [0, 0.05) is 6.42 Å². The normalized spacial score (nSPS) is 12.7. The van der Waals surface area contributed by atoms with Crippen LogP contribution in [0.4, 0.5) is 0 Å². The highest BCUT2D eigenvalue weighted by Crippen LogP contribution is 2.09. The summed E-state index contributed by atoms with van der Waals surface area (Å²) in [6.45, 7) is 1.75. The maximum atomic E-state index is 11.3. The first kappa shape index (κ1) is 22.1. The molecule has 0 aliphatic rings. The third-order valence-electron chi connectivity index (χ3n) is 3.79. The highest BCUT2D eigenvalue weighted by Gasteiger charge is 2.06. The van der Waals surface area contributed by atoms with Crippen LogP contribution >= 0.6 is 0 Å². The number of rotatable bonds is 16. The number of unbranched alkanes of at least 4 members (excludes halogenated alkanes) is 9. The average molecular weight is 328 g/mol. The molecule has 0 bridgehead atoms. The molecule has 2 N–H and O–H groups in total. The van der Waals surface area contributed by atoms with Crippen molar-refractivity contribution in [2.75, 3.05) is 13.2 Å². The lowest BCUT2D eigenvalue weighted by molar-refractivity contribution is -0.147. The maximum absolute atomic E-state index is 11.3. The largest absolute Gasteiger partial charge is 0.463 e. The van der Waals surface area contributed by atoms with Crippen LogP contribution in [0.2, 0.25) is 0 Å². The number of ether oxygens (including phenoxy) is 1. The van der Waals surface area contributed by atoms with Gasteiger partial charge >= 0.3 is 5.97 Å². The zero-order valence-electron chi connectivity index (χ0n) is 14.8. The van der Waals surface area contributed by atoms with Crippen LogP contribution in [0.1, 0.15) is 84.0 Å². The molecular weight excluding hydrogens is 292 g/mol. The van der Waals surface area contributed by atoms with Crippen molar-refractivity contribution >= 4 is 5.97 Å². The van der Waals surface area contributed by atoms with Gasteiger partial charge in [0.25, 0.3) is 0 Å². The topological polar surface area (TPSA) is 66.8 Å². The smallest absolute Gasteiger partial charge is 0.305 e. The minimum absolute atomic E-state index is 0.117. The van der Waals surface area contributed by atoms with E-state index in [0.717, 1.165) is 25.7 Å². The quantitative estimate of drug-likeness (QED) is 0.254. The fraction of sp³-hybridized carbons (Fsp3) is 0.842. The Balaban J connectivity index is 3.26. The Bertz CT molecular complexity index is 289. The Kier molecular flexibility index (Phi) is 16.8. The van der Waals surface area contributed by atoms with Gasteiger partial charge in [-0.25, -0.2) is 0 Å². The average Bonchev–Trinajstić information content (AvgIpc) is 2.56. The first-order valence-electron chi connectivity index (χ1n) is 9.30. The Hall–Kier alpha value is -0.870. The van der Waals surface area contributed by atoms with Crippen LogP contribution in [-0.4, -0.2) is 35.5 Å². The molecule has 0 aliphatic carbocycles. The number of carbonyl (C=O) groups is 1. The molecule has 0 aliphatic heterocycles. The van der Waals surface area contributed by atoms with Crippen LogP contribution < -0.4 is 0 Å². The van der Waals surface area contributed by atoms with Crippen LogP contribution in [-0.2, 0) is 9.53 Å². The molecule has 0 spiro atoms. The van der Waals surface area contributed by atoms with Gasteiger partial charge in [-0.15, -0.1) is 0 Å². The molecule has 4 nitrogen and oxygen atoms in total. The van der Waals surface area contributed by atoms with Crippen molar-refractivity contribution in [3.8, 4) is 0 Å². The van der Waals surface area contributed by atoms with E-state index >= 15 is 0 Å². The molecule has 0 radical (unpaired) electrons. The number of hydrogen-bond acceptors (Lipinski definition) is 4. The summed E-state index contributed by atoms with van der Waals surface area (Å²) < 4.78 is 4.83. The second-order valence-electron chi connectivity index (χ2n) is 6.15. The van der Waals surface area contributed by atoms with Gasteiger partial charge in [-0.05, 0) is 32.1 Å². The molecule has 136 valence electrons. The molecule has 1 atom stereocenters. The molecule has 0 saturated heterocycles. The van der Waals surface area contributed by atoms with Crippen LogP contribution in [0.25, 0.3) is 0 Å². The molecule has 0 saturated carbocycles. The first-order valence-corrected chi connectivity index (χ1v) is 9.30. The SMILES string of the molecule is CCCCCCCCCC=CCCCCC(=O)OCC(O)CO. The minimum atomic E-state index is -0.964. The van der Waals surface area contributed by atoms with E-state index in [0.29, 0.717) is 6.42 Å². The number of aliphatic hydroxyl groups excluding tert-OH is 2. The number of esters is 1. The summed E-state index contributed by atoms with van der Waals surface area (Å²) in [5.41, 5.74) is 0. The molecule has 0 aromatic carbocycles. The van der Waals surface area contributed by atoms with Crippen LogP contribution in [0.5, 0.6) is 0 Å². The highest BCUT2D eigenvalue weighted by atomic mass is 16.5. The monoisotopic (exact) mass is 328 g/mol. The molecule has 0 fully saturated rings. The van der Waals surface area contributed by atoms with Gasteiger partial charge in [0.05, 0.1) is 6.61 Å². The molecule has 0 amide bonds. The summed E-state index contributed by atoms with van der Waals surface area (Å²) in [6, 6.07) is 0. The Morgan fingerprint density at radius 2 is 1.52 bits per heavy atom. The van der Waals surface area contributed by atoms with Crippen molar-refractivity contribution in [3.05, 3.63) is 12.2 Å². The minimum Gasteiger partial charge on any atom is -0.463 e. The van der Waals surface area contributed by atoms with Crippen molar-refractivity contribution in [3.63, 3.8) is 0 Å². The second kappa shape index (κ2) is 17.5. The fourth-order valence-electron chi connectivity index (χ4n) is 2.30. The number of carbonyl (C=O) groups excluding carboxylic acids is 1. The molecule has 0 heterocycles. The van der Waals surface area contributed by atoms with Crippen molar-refractivity contribution in [1.29, 1.82) is 0 Å². The maximum Gasteiger partial charge on any atom is 0.305 e.